The van der Waals surface area contributed by atoms with Gasteiger partial charge < -0.3 is 15.1 Å². The summed E-state index contributed by atoms with van der Waals surface area (Å²) in [7, 11) is 2.21. The van der Waals surface area contributed by atoms with Gasteiger partial charge in [-0.3, -0.25) is 0 Å². The molecule has 1 aliphatic rings. The lowest BCUT2D eigenvalue weighted by Crippen LogP contribution is -2.45. The fraction of sp³-hybridized carbons (Fsp3) is 0.647. The molecule has 3 nitrogen and oxygen atoms in total. The molecule has 0 aromatic heterocycles. The van der Waals surface area contributed by atoms with Gasteiger partial charge in [0.25, 0.3) is 0 Å². The molecule has 4 heteroatoms. The Hall–Kier alpha value is -0.550. The van der Waals surface area contributed by atoms with Crippen LogP contribution in [0.5, 0.6) is 0 Å². The van der Waals surface area contributed by atoms with Crippen molar-refractivity contribution in [2.75, 3.05) is 52.6 Å². The van der Waals surface area contributed by atoms with Crippen molar-refractivity contribution in [3.8, 4) is 0 Å². The molecule has 0 aliphatic carbocycles. The lowest BCUT2D eigenvalue weighted by molar-refractivity contribution is 0.152. The number of piperazine rings is 1. The first-order valence-electron chi connectivity index (χ1n) is 7.97. The second-order valence-corrected chi connectivity index (χ2v) is 6.83. The Morgan fingerprint density at radius 1 is 1.14 bits per heavy atom. The van der Waals surface area contributed by atoms with Gasteiger partial charge in [-0.1, -0.05) is 12.1 Å². The van der Waals surface area contributed by atoms with Gasteiger partial charge in [-0.25, -0.2) is 0 Å². The van der Waals surface area contributed by atoms with E-state index in [2.05, 4.69) is 59.6 Å². The average molecular weight is 308 g/mol. The number of nitrogens with one attached hydrogen (secondary N) is 1. The highest BCUT2D eigenvalue weighted by molar-refractivity contribution is 7.98. The van der Waals surface area contributed by atoms with E-state index in [-0.39, 0.29) is 0 Å². The third kappa shape index (κ3) is 5.62. The van der Waals surface area contributed by atoms with Gasteiger partial charge in [0.05, 0.1) is 0 Å². The van der Waals surface area contributed by atoms with Crippen LogP contribution in [0.2, 0.25) is 0 Å². The Morgan fingerprint density at radius 2 is 1.81 bits per heavy atom. The summed E-state index contributed by atoms with van der Waals surface area (Å²) in [5, 5.41) is 3.64. The van der Waals surface area contributed by atoms with Gasteiger partial charge in [-0.2, -0.15) is 0 Å². The summed E-state index contributed by atoms with van der Waals surface area (Å²) < 4.78 is 0. The van der Waals surface area contributed by atoms with Crippen LogP contribution in [0, 0.1) is 0 Å². The molecule has 1 aromatic carbocycles. The molecule has 1 aliphatic heterocycles. The second-order valence-electron chi connectivity index (χ2n) is 5.95. The Morgan fingerprint density at radius 3 is 2.43 bits per heavy atom. The maximum Gasteiger partial charge on any atom is 0.0291 e. The summed E-state index contributed by atoms with van der Waals surface area (Å²) in [6.45, 7) is 9.45. The van der Waals surface area contributed by atoms with E-state index >= 15 is 0 Å². The van der Waals surface area contributed by atoms with Crippen molar-refractivity contribution in [1.29, 1.82) is 0 Å². The SMILES string of the molecule is CSc1ccc(C(C)NCCCN2CCN(C)CC2)cc1. The van der Waals surface area contributed by atoms with E-state index < -0.39 is 0 Å². The first-order chi connectivity index (χ1) is 10.2. The third-order valence-corrected chi connectivity index (χ3v) is 5.06. The number of benzene rings is 1. The predicted molar refractivity (Wildman–Crippen MR) is 93.2 cm³/mol. The number of likely N-dealkylation sites (N-methyl/N-ethyl adjacent to an activating group) is 1. The minimum atomic E-state index is 0.438. The van der Waals surface area contributed by atoms with Crippen molar-refractivity contribution in [2.45, 2.75) is 24.3 Å². The molecule has 1 aromatic rings. The van der Waals surface area contributed by atoms with Crippen molar-refractivity contribution < 1.29 is 0 Å². The number of rotatable bonds is 7. The van der Waals surface area contributed by atoms with Crippen LogP contribution in [0.1, 0.15) is 24.9 Å². The standard InChI is InChI=1S/C17H29N3S/c1-15(16-5-7-17(21-3)8-6-16)18-9-4-10-20-13-11-19(2)12-14-20/h5-8,15,18H,4,9-14H2,1-3H3. The first kappa shape index (κ1) is 16.8. The summed E-state index contributed by atoms with van der Waals surface area (Å²) in [5.74, 6) is 0. The maximum absolute atomic E-state index is 3.64. The van der Waals surface area contributed by atoms with E-state index in [1.165, 1.54) is 49.6 Å². The molecule has 1 fully saturated rings. The van der Waals surface area contributed by atoms with E-state index in [9.17, 15) is 0 Å². The molecule has 0 bridgehead atoms. The number of nitrogens with zero attached hydrogens (tertiary/aromatic N) is 2. The smallest absolute Gasteiger partial charge is 0.0291 e. The second kappa shape index (κ2) is 8.79. The molecular formula is C17H29N3S. The summed E-state index contributed by atoms with van der Waals surface area (Å²) in [4.78, 5) is 6.33. The Kier molecular flexibility index (Phi) is 7.04. The van der Waals surface area contributed by atoms with Crippen molar-refractivity contribution >= 4 is 11.8 Å². The van der Waals surface area contributed by atoms with E-state index in [1.54, 1.807) is 11.8 Å². The highest BCUT2D eigenvalue weighted by Crippen LogP contribution is 2.18. The van der Waals surface area contributed by atoms with Gasteiger partial charge in [0.2, 0.25) is 0 Å². The minimum absolute atomic E-state index is 0.438. The zero-order valence-corrected chi connectivity index (χ0v) is 14.5. The van der Waals surface area contributed by atoms with E-state index in [4.69, 9.17) is 0 Å². The van der Waals surface area contributed by atoms with Gasteiger partial charge >= 0.3 is 0 Å². The lowest BCUT2D eigenvalue weighted by atomic mass is 10.1. The molecule has 1 saturated heterocycles. The van der Waals surface area contributed by atoms with E-state index in [0.29, 0.717) is 6.04 Å². The van der Waals surface area contributed by atoms with Crippen LogP contribution < -0.4 is 5.32 Å². The highest BCUT2D eigenvalue weighted by atomic mass is 32.2. The molecular weight excluding hydrogens is 278 g/mol. The summed E-state index contributed by atoms with van der Waals surface area (Å²) in [6.07, 6.45) is 3.35. The van der Waals surface area contributed by atoms with Gasteiger partial charge in [0.15, 0.2) is 0 Å². The van der Waals surface area contributed by atoms with Crippen molar-refractivity contribution in [1.82, 2.24) is 15.1 Å². The van der Waals surface area contributed by atoms with Crippen LogP contribution in [-0.2, 0) is 0 Å². The van der Waals surface area contributed by atoms with Crippen LogP contribution in [0.25, 0.3) is 0 Å². The first-order valence-corrected chi connectivity index (χ1v) is 9.20. The normalized spacial score (nSPS) is 18.8. The van der Waals surface area contributed by atoms with Gasteiger partial charge in [0, 0.05) is 37.1 Å². The van der Waals surface area contributed by atoms with Gasteiger partial charge in [0.1, 0.15) is 0 Å². The number of hydrogen-bond donors (Lipinski definition) is 1. The predicted octanol–water partition coefficient (Wildman–Crippen LogP) is 2.70. The monoisotopic (exact) mass is 307 g/mol. The van der Waals surface area contributed by atoms with Crippen molar-refractivity contribution in [3.05, 3.63) is 29.8 Å². The molecule has 118 valence electrons. The fourth-order valence-corrected chi connectivity index (χ4v) is 3.11. The fourth-order valence-electron chi connectivity index (χ4n) is 2.70. The number of thioether (sulfide) groups is 1. The third-order valence-electron chi connectivity index (χ3n) is 4.31. The maximum atomic E-state index is 3.64. The zero-order chi connectivity index (χ0) is 15.1. The molecule has 0 amide bonds. The largest absolute Gasteiger partial charge is 0.310 e. The van der Waals surface area contributed by atoms with Crippen LogP contribution in [0.15, 0.2) is 29.2 Å². The summed E-state index contributed by atoms with van der Waals surface area (Å²) in [6, 6.07) is 9.34. The van der Waals surface area contributed by atoms with E-state index in [0.717, 1.165) is 6.54 Å². The van der Waals surface area contributed by atoms with Crippen LogP contribution >= 0.6 is 11.8 Å². The molecule has 1 unspecified atom stereocenters. The van der Waals surface area contributed by atoms with Gasteiger partial charge in [-0.15, -0.1) is 11.8 Å². The van der Waals surface area contributed by atoms with Crippen molar-refractivity contribution in [2.24, 2.45) is 0 Å². The van der Waals surface area contributed by atoms with Crippen LogP contribution in [0.4, 0.5) is 0 Å². The molecule has 0 spiro atoms. The van der Waals surface area contributed by atoms with Gasteiger partial charge in [-0.05, 0) is 57.4 Å². The van der Waals surface area contributed by atoms with Crippen molar-refractivity contribution in [3.63, 3.8) is 0 Å². The zero-order valence-electron chi connectivity index (χ0n) is 13.6. The Bertz CT molecular complexity index is 399. The average Bonchev–Trinajstić information content (AvgIpc) is 2.53. The molecule has 2 rings (SSSR count). The Labute approximate surface area is 134 Å². The quantitative estimate of drug-likeness (QED) is 0.616. The molecule has 1 N–H and O–H groups in total. The molecule has 0 radical (unpaired) electrons. The Balaban J connectivity index is 1.63. The summed E-state index contributed by atoms with van der Waals surface area (Å²) in [5.41, 5.74) is 1.38. The lowest BCUT2D eigenvalue weighted by Gasteiger charge is -2.32. The van der Waals surface area contributed by atoms with Crippen LogP contribution in [0.3, 0.4) is 0 Å². The number of hydrogen-bond acceptors (Lipinski definition) is 4. The summed E-state index contributed by atoms with van der Waals surface area (Å²) >= 11 is 1.80. The van der Waals surface area contributed by atoms with Crippen LogP contribution in [-0.4, -0.2) is 62.4 Å². The molecule has 1 atom stereocenters. The topological polar surface area (TPSA) is 18.5 Å². The molecule has 1 heterocycles. The van der Waals surface area contributed by atoms with E-state index in [1.807, 2.05) is 0 Å². The molecule has 21 heavy (non-hydrogen) atoms. The highest BCUT2D eigenvalue weighted by Gasteiger charge is 2.13. The molecule has 0 saturated carbocycles. The minimum Gasteiger partial charge on any atom is -0.310 e.